The standard InChI is InChI=1S/C24H28BrN7O2/c1-24(26,23(33)27-13-6-14-31(2)3)22-28-19-17(7-5-8-18(19)25)21-29-20(30-32(21)22)15-9-11-16(34-4)12-10-15/h5,7-12H,6,13-14,26H2,1-4H3,(H,27,33)/t24-/m0/s1. The quantitative estimate of drug-likeness (QED) is 0.340. The molecule has 2 aromatic carbocycles. The number of nitrogens with zero attached hydrogens (tertiary/aromatic N) is 5. The zero-order chi connectivity index (χ0) is 24.5. The van der Waals surface area contributed by atoms with Gasteiger partial charge in [0, 0.05) is 22.0 Å². The number of fused-ring (bicyclic) bond motifs is 3. The number of rotatable bonds is 8. The summed E-state index contributed by atoms with van der Waals surface area (Å²) in [4.78, 5) is 24.8. The number of nitrogens with one attached hydrogen (secondary N) is 1. The maximum absolute atomic E-state index is 13.1. The number of methoxy groups -OCH3 is 1. The van der Waals surface area contributed by atoms with Crippen LogP contribution in [0, 0.1) is 0 Å². The lowest BCUT2D eigenvalue weighted by Gasteiger charge is -2.24. The number of aromatic nitrogens is 4. The fraction of sp³-hybridized carbons (Fsp3) is 0.333. The monoisotopic (exact) mass is 525 g/mol. The van der Waals surface area contributed by atoms with Crippen LogP contribution in [0.5, 0.6) is 5.75 Å². The summed E-state index contributed by atoms with van der Waals surface area (Å²) in [6.45, 7) is 3.02. The Morgan fingerprint density at radius 3 is 2.62 bits per heavy atom. The van der Waals surface area contributed by atoms with Gasteiger partial charge in [-0.25, -0.2) is 9.97 Å². The van der Waals surface area contributed by atoms with Gasteiger partial charge in [0.25, 0.3) is 0 Å². The van der Waals surface area contributed by atoms with Crippen molar-refractivity contribution in [2.75, 3.05) is 34.3 Å². The van der Waals surface area contributed by atoms with Crippen LogP contribution in [0.15, 0.2) is 46.9 Å². The van der Waals surface area contributed by atoms with Crippen molar-refractivity contribution in [2.24, 2.45) is 5.73 Å². The van der Waals surface area contributed by atoms with Gasteiger partial charge in [-0.05, 0) is 86.3 Å². The molecule has 2 heterocycles. The summed E-state index contributed by atoms with van der Waals surface area (Å²) in [5, 5.41) is 8.44. The van der Waals surface area contributed by atoms with Gasteiger partial charge in [0.2, 0.25) is 5.91 Å². The second-order valence-corrected chi connectivity index (χ2v) is 9.44. The molecule has 0 spiro atoms. The van der Waals surface area contributed by atoms with Crippen LogP contribution < -0.4 is 15.8 Å². The van der Waals surface area contributed by atoms with Crippen LogP contribution in [0.1, 0.15) is 19.2 Å². The summed E-state index contributed by atoms with van der Waals surface area (Å²) in [7, 11) is 5.61. The molecular weight excluding hydrogens is 498 g/mol. The predicted molar refractivity (Wildman–Crippen MR) is 136 cm³/mol. The van der Waals surface area contributed by atoms with Crippen molar-refractivity contribution >= 4 is 38.4 Å². The number of para-hydroxylation sites is 1. The largest absolute Gasteiger partial charge is 0.497 e. The summed E-state index contributed by atoms with van der Waals surface area (Å²) in [5.41, 5.74) is 7.22. The Bertz CT molecular complexity index is 1330. The highest BCUT2D eigenvalue weighted by Crippen LogP contribution is 2.30. The summed E-state index contributed by atoms with van der Waals surface area (Å²) >= 11 is 3.57. The first-order valence-corrected chi connectivity index (χ1v) is 11.7. The lowest BCUT2D eigenvalue weighted by Crippen LogP contribution is -2.51. The lowest BCUT2D eigenvalue weighted by molar-refractivity contribution is -0.126. The van der Waals surface area contributed by atoms with E-state index in [1.807, 2.05) is 56.6 Å². The van der Waals surface area contributed by atoms with E-state index in [0.29, 0.717) is 29.4 Å². The molecule has 0 radical (unpaired) electrons. The molecule has 0 saturated heterocycles. The van der Waals surface area contributed by atoms with E-state index in [0.717, 1.165) is 34.1 Å². The molecule has 10 heteroatoms. The first-order valence-electron chi connectivity index (χ1n) is 10.9. The minimum absolute atomic E-state index is 0.305. The number of benzene rings is 2. The zero-order valence-corrected chi connectivity index (χ0v) is 21.3. The lowest BCUT2D eigenvalue weighted by atomic mass is 10.0. The Morgan fingerprint density at radius 1 is 1.21 bits per heavy atom. The Hall–Kier alpha value is -3.08. The van der Waals surface area contributed by atoms with E-state index in [9.17, 15) is 4.79 Å². The summed E-state index contributed by atoms with van der Waals surface area (Å²) in [6.07, 6.45) is 0.811. The molecule has 178 valence electrons. The zero-order valence-electron chi connectivity index (χ0n) is 19.7. The van der Waals surface area contributed by atoms with Crippen molar-refractivity contribution in [2.45, 2.75) is 18.9 Å². The molecule has 9 nitrogen and oxygen atoms in total. The van der Waals surface area contributed by atoms with Gasteiger partial charge in [0.05, 0.1) is 12.6 Å². The van der Waals surface area contributed by atoms with Crippen molar-refractivity contribution in [1.29, 1.82) is 0 Å². The van der Waals surface area contributed by atoms with Gasteiger partial charge < -0.3 is 20.7 Å². The molecular formula is C24H28BrN7O2. The summed E-state index contributed by atoms with van der Waals surface area (Å²) in [5.74, 6) is 1.22. The van der Waals surface area contributed by atoms with Crippen LogP contribution in [0.25, 0.3) is 27.9 Å². The second kappa shape index (κ2) is 9.65. The third kappa shape index (κ3) is 4.61. The molecule has 1 amide bonds. The smallest absolute Gasteiger partial charge is 0.247 e. The van der Waals surface area contributed by atoms with Crippen molar-refractivity contribution < 1.29 is 9.53 Å². The topological polar surface area (TPSA) is 111 Å². The van der Waals surface area contributed by atoms with Gasteiger partial charge in [-0.2, -0.15) is 4.52 Å². The van der Waals surface area contributed by atoms with Crippen LogP contribution in [0.2, 0.25) is 0 Å². The van der Waals surface area contributed by atoms with Crippen LogP contribution in [-0.4, -0.2) is 64.7 Å². The molecule has 3 N–H and O–H groups in total. The molecule has 0 aliphatic rings. The van der Waals surface area contributed by atoms with Gasteiger partial charge in [0.1, 0.15) is 5.75 Å². The average Bonchev–Trinajstić information content (AvgIpc) is 3.27. The van der Waals surface area contributed by atoms with Crippen molar-refractivity contribution in [3.8, 4) is 17.1 Å². The fourth-order valence-corrected chi connectivity index (χ4v) is 4.13. The van der Waals surface area contributed by atoms with E-state index >= 15 is 0 Å². The number of nitrogens with two attached hydrogens (primary N) is 1. The third-order valence-corrected chi connectivity index (χ3v) is 6.25. The van der Waals surface area contributed by atoms with Crippen molar-refractivity contribution in [3.05, 3.63) is 52.8 Å². The van der Waals surface area contributed by atoms with E-state index in [2.05, 4.69) is 26.1 Å². The minimum atomic E-state index is -1.44. The molecule has 0 saturated carbocycles. The molecule has 1 atom stereocenters. The Balaban J connectivity index is 1.81. The van der Waals surface area contributed by atoms with Gasteiger partial charge >= 0.3 is 0 Å². The van der Waals surface area contributed by atoms with Gasteiger partial charge in [-0.1, -0.05) is 6.07 Å². The maximum Gasteiger partial charge on any atom is 0.247 e. The summed E-state index contributed by atoms with van der Waals surface area (Å²) in [6, 6.07) is 13.2. The van der Waals surface area contributed by atoms with Gasteiger partial charge in [-0.15, -0.1) is 5.10 Å². The van der Waals surface area contributed by atoms with E-state index in [1.165, 1.54) is 0 Å². The molecule has 4 aromatic rings. The average molecular weight is 526 g/mol. The molecule has 2 aromatic heterocycles. The molecule has 0 unspecified atom stereocenters. The van der Waals surface area contributed by atoms with E-state index in [1.54, 1.807) is 18.5 Å². The normalized spacial score (nSPS) is 13.4. The van der Waals surface area contributed by atoms with Crippen molar-refractivity contribution in [1.82, 2.24) is 29.8 Å². The molecule has 0 aliphatic carbocycles. The van der Waals surface area contributed by atoms with Gasteiger partial charge in [-0.3, -0.25) is 4.79 Å². The molecule has 0 bridgehead atoms. The van der Waals surface area contributed by atoms with E-state index in [4.69, 9.17) is 25.5 Å². The maximum atomic E-state index is 13.1. The Labute approximate surface area is 206 Å². The molecule has 34 heavy (non-hydrogen) atoms. The number of carbonyl (C=O) groups is 1. The highest BCUT2D eigenvalue weighted by atomic mass is 79.9. The molecule has 4 rings (SSSR count). The van der Waals surface area contributed by atoms with E-state index in [-0.39, 0.29) is 5.91 Å². The molecule has 0 fully saturated rings. The number of hydrogen-bond donors (Lipinski definition) is 2. The SMILES string of the molecule is COc1ccc(-c2nc3c4cccc(Br)c4nc([C@](C)(N)C(=O)NCCCN(C)C)n3n2)cc1. The molecule has 0 aliphatic heterocycles. The number of carbonyl (C=O) groups excluding carboxylic acids is 1. The van der Waals surface area contributed by atoms with Crippen LogP contribution in [-0.2, 0) is 10.3 Å². The first-order chi connectivity index (χ1) is 16.2. The number of hydrogen-bond acceptors (Lipinski definition) is 7. The Morgan fingerprint density at radius 2 is 1.94 bits per heavy atom. The number of amides is 1. The van der Waals surface area contributed by atoms with Crippen LogP contribution >= 0.6 is 15.9 Å². The van der Waals surface area contributed by atoms with Crippen LogP contribution in [0.4, 0.5) is 0 Å². The van der Waals surface area contributed by atoms with Gasteiger partial charge in [0.15, 0.2) is 22.8 Å². The second-order valence-electron chi connectivity index (χ2n) is 8.59. The first kappa shape index (κ1) is 24.1. The van der Waals surface area contributed by atoms with E-state index < -0.39 is 5.54 Å². The number of ether oxygens (including phenoxy) is 1. The predicted octanol–water partition coefficient (Wildman–Crippen LogP) is 2.96. The summed E-state index contributed by atoms with van der Waals surface area (Å²) < 4.78 is 7.61. The Kier molecular flexibility index (Phi) is 6.83. The minimum Gasteiger partial charge on any atom is -0.497 e. The fourth-order valence-electron chi connectivity index (χ4n) is 3.68. The number of halogens is 1. The third-order valence-electron chi connectivity index (χ3n) is 5.61. The highest BCUT2D eigenvalue weighted by Gasteiger charge is 2.36. The van der Waals surface area contributed by atoms with Crippen LogP contribution in [0.3, 0.4) is 0 Å². The van der Waals surface area contributed by atoms with Crippen molar-refractivity contribution in [3.63, 3.8) is 0 Å². The highest BCUT2D eigenvalue weighted by molar-refractivity contribution is 9.10.